The summed E-state index contributed by atoms with van der Waals surface area (Å²) in [6.07, 6.45) is 1.27. The van der Waals surface area contributed by atoms with Crippen molar-refractivity contribution < 1.29 is 14.6 Å². The summed E-state index contributed by atoms with van der Waals surface area (Å²) in [7, 11) is 1.28. The van der Waals surface area contributed by atoms with Crippen molar-refractivity contribution in [3.8, 4) is 5.88 Å². The van der Waals surface area contributed by atoms with Crippen LogP contribution in [0.4, 0.5) is 5.69 Å². The maximum Gasteiger partial charge on any atom is 0.403 e. The summed E-state index contributed by atoms with van der Waals surface area (Å²) in [6, 6.07) is 6.96. The number of benzene rings is 1. The van der Waals surface area contributed by atoms with E-state index in [9.17, 15) is 15.3 Å². The highest BCUT2D eigenvalue weighted by atomic mass is 16.5. The molecule has 0 fully saturated rings. The van der Waals surface area contributed by atoms with E-state index in [0.29, 0.717) is 29.8 Å². The van der Waals surface area contributed by atoms with Crippen molar-refractivity contribution in [1.82, 2.24) is 9.47 Å². The van der Waals surface area contributed by atoms with Crippen LogP contribution in [0.2, 0.25) is 0 Å². The van der Waals surface area contributed by atoms with Crippen LogP contribution >= 0.6 is 0 Å². The number of carbonyl (C=O) groups is 1. The number of aromatic nitrogens is 1. The average molecular weight is 314 g/mol. The fraction of sp³-hybridized carbons (Fsp3) is 0.312. The number of methoxy groups -OCH3 is 1. The molecule has 0 atom stereocenters. The molecule has 23 heavy (non-hydrogen) atoms. The first-order valence-corrected chi connectivity index (χ1v) is 7.29. The van der Waals surface area contributed by atoms with Gasteiger partial charge < -0.3 is 19.3 Å². The lowest BCUT2D eigenvalue weighted by atomic mass is 10.2. The van der Waals surface area contributed by atoms with Crippen LogP contribution in [0.25, 0.3) is 21.7 Å². The Morgan fingerprint density at radius 1 is 1.39 bits per heavy atom. The maximum atomic E-state index is 12.7. The molecule has 7 nitrogen and oxygen atoms in total. The monoisotopic (exact) mass is 314 g/mol. The molecule has 2 aromatic rings. The van der Waals surface area contributed by atoms with E-state index in [2.05, 4.69) is 4.98 Å². The van der Waals surface area contributed by atoms with Gasteiger partial charge in [-0.3, -0.25) is 0 Å². The van der Waals surface area contributed by atoms with Crippen molar-refractivity contribution in [3.63, 3.8) is 0 Å². The summed E-state index contributed by atoms with van der Waals surface area (Å²) >= 11 is 0. The predicted octanol–water partition coefficient (Wildman–Crippen LogP) is 2.51. The number of ether oxygens (including phenoxy) is 1. The molecule has 0 saturated carbocycles. The molecule has 0 radical (unpaired) electrons. The minimum Gasteiger partial charge on any atom is -0.854 e. The van der Waals surface area contributed by atoms with Crippen LogP contribution in [0.1, 0.15) is 13.8 Å². The van der Waals surface area contributed by atoms with E-state index in [1.165, 1.54) is 17.8 Å². The Hall–Kier alpha value is -3.01. The lowest BCUT2D eigenvalue weighted by Crippen LogP contribution is -2.26. The van der Waals surface area contributed by atoms with Gasteiger partial charge >= 0.3 is 11.7 Å². The molecule has 1 aromatic carbocycles. The summed E-state index contributed by atoms with van der Waals surface area (Å²) in [6.45, 7) is 5.03. The molecule has 120 valence electrons. The zero-order valence-corrected chi connectivity index (χ0v) is 13.3. The van der Waals surface area contributed by atoms with Crippen molar-refractivity contribution in [3.05, 3.63) is 35.3 Å². The van der Waals surface area contributed by atoms with E-state index in [4.69, 9.17) is 4.74 Å². The van der Waals surface area contributed by atoms with Crippen LogP contribution in [0.5, 0.6) is 5.88 Å². The molecule has 0 amide bonds. The molecule has 0 N–H and O–H groups in total. The molecule has 0 aliphatic rings. The minimum absolute atomic E-state index is 0.0523. The number of para-hydroxylation sites is 1. The molecule has 0 saturated heterocycles. The first-order chi connectivity index (χ1) is 11.1. The topological polar surface area (TPSA) is 85.7 Å². The number of esters is 1. The number of fused-ring (bicyclic) bond motifs is 1. The van der Waals surface area contributed by atoms with Gasteiger partial charge in [0.2, 0.25) is 5.39 Å². The van der Waals surface area contributed by atoms with Gasteiger partial charge in [-0.15, -0.1) is 0 Å². The third-order valence-electron chi connectivity index (χ3n) is 3.67. The summed E-state index contributed by atoms with van der Waals surface area (Å²) in [4.78, 5) is 16.7. The van der Waals surface area contributed by atoms with E-state index in [1.54, 1.807) is 24.3 Å². The van der Waals surface area contributed by atoms with Gasteiger partial charge in [-0.1, -0.05) is 12.1 Å². The minimum atomic E-state index is -0.563. The van der Waals surface area contributed by atoms with Crippen LogP contribution < -0.4 is 5.11 Å². The second kappa shape index (κ2) is 6.83. The van der Waals surface area contributed by atoms with E-state index in [1.807, 2.05) is 18.7 Å². The second-order valence-electron chi connectivity index (χ2n) is 4.80. The molecule has 0 spiro atoms. The van der Waals surface area contributed by atoms with Gasteiger partial charge in [-0.25, -0.2) is 4.79 Å². The van der Waals surface area contributed by atoms with Crippen molar-refractivity contribution in [1.29, 1.82) is 5.39 Å². The third-order valence-corrected chi connectivity index (χ3v) is 3.67. The Balaban J connectivity index is 2.81. The van der Waals surface area contributed by atoms with Gasteiger partial charge in [-0.2, -0.15) is 0 Å². The van der Waals surface area contributed by atoms with E-state index in [0.717, 1.165) is 0 Å². The quantitative estimate of drug-likeness (QED) is 0.481. The lowest BCUT2D eigenvalue weighted by Gasteiger charge is -2.27. The van der Waals surface area contributed by atoms with Crippen LogP contribution in [0, 0.1) is 5.39 Å². The second-order valence-corrected chi connectivity index (χ2v) is 4.80. The average Bonchev–Trinajstić information content (AvgIpc) is 2.85. The van der Waals surface area contributed by atoms with Crippen molar-refractivity contribution in [2.24, 2.45) is 0 Å². The van der Waals surface area contributed by atoms with Gasteiger partial charge in [-0.05, 0) is 26.0 Å². The zero-order chi connectivity index (χ0) is 17.0. The third kappa shape index (κ3) is 2.83. The highest BCUT2D eigenvalue weighted by Crippen LogP contribution is 2.39. The number of nitrogens with zero attached hydrogens (tertiary/aromatic N) is 4. The van der Waals surface area contributed by atoms with E-state index >= 15 is 0 Å². The molecule has 0 aliphatic carbocycles. The summed E-state index contributed by atoms with van der Waals surface area (Å²) in [5, 5.41) is 22.4. The molecule has 0 unspecified atom stereocenters. The number of diazo groups is 1. The van der Waals surface area contributed by atoms with Gasteiger partial charge in [0.1, 0.15) is 5.82 Å². The molecule has 0 aliphatic heterocycles. The van der Waals surface area contributed by atoms with E-state index in [-0.39, 0.29) is 5.69 Å². The molecular formula is C16H18N4O3. The van der Waals surface area contributed by atoms with Gasteiger partial charge in [0.25, 0.3) is 0 Å². The first kappa shape index (κ1) is 16.4. The molecule has 7 heteroatoms. The van der Waals surface area contributed by atoms with Gasteiger partial charge in [0, 0.05) is 13.1 Å². The largest absolute Gasteiger partial charge is 0.854 e. The number of hydrogen-bond acceptors (Lipinski definition) is 5. The molecule has 0 bridgehead atoms. The highest BCUT2D eigenvalue weighted by molar-refractivity contribution is 6.00. The molecule has 1 aromatic heterocycles. The molecule has 2 rings (SSSR count). The standard InChI is InChI=1S/C16H18N4O3/c1-4-19(5-2)13(10-14(21)23-3)20-12-9-7-6-8-11(12)15(18-17)16(20)22/h6-10H,4-5H2,1-3H3. The number of hydrogen-bond donors (Lipinski definition) is 0. The highest BCUT2D eigenvalue weighted by Gasteiger charge is 2.24. The van der Waals surface area contributed by atoms with Gasteiger partial charge in [0.05, 0.1) is 30.0 Å². The van der Waals surface area contributed by atoms with Gasteiger partial charge in [0.15, 0.2) is 4.98 Å². The summed E-state index contributed by atoms with van der Waals surface area (Å²) in [5.41, 5.74) is 0.510. The summed E-state index contributed by atoms with van der Waals surface area (Å²) < 4.78 is 6.07. The Bertz CT molecular complexity index is 797. The molecule has 1 heterocycles. The van der Waals surface area contributed by atoms with E-state index < -0.39 is 11.8 Å². The van der Waals surface area contributed by atoms with Crippen molar-refractivity contribution >= 4 is 28.4 Å². The fourth-order valence-corrected chi connectivity index (χ4v) is 2.53. The first-order valence-electron chi connectivity index (χ1n) is 7.29. The Morgan fingerprint density at radius 3 is 2.61 bits per heavy atom. The SMILES string of the molecule is CCN(CC)C(=CC(=O)OC)n1c([O-])c([N+]#N)c2ccccc21. The normalized spacial score (nSPS) is 11.3. The lowest BCUT2D eigenvalue weighted by molar-refractivity contribution is -0.275. The number of rotatable bonds is 5. The summed E-state index contributed by atoms with van der Waals surface area (Å²) in [5.74, 6) is -0.666. The Labute approximate surface area is 134 Å². The van der Waals surface area contributed by atoms with Crippen molar-refractivity contribution in [2.45, 2.75) is 13.8 Å². The fourth-order valence-electron chi connectivity index (χ4n) is 2.53. The molecular weight excluding hydrogens is 296 g/mol. The predicted molar refractivity (Wildman–Crippen MR) is 85.3 cm³/mol. The Kier molecular flexibility index (Phi) is 4.86. The van der Waals surface area contributed by atoms with Crippen molar-refractivity contribution in [2.75, 3.05) is 20.2 Å². The maximum absolute atomic E-state index is 12.7. The van der Waals surface area contributed by atoms with Crippen LogP contribution in [0.15, 0.2) is 30.3 Å². The van der Waals surface area contributed by atoms with Crippen LogP contribution in [-0.2, 0) is 9.53 Å². The number of carbonyl (C=O) groups excluding carboxylic acids is 1. The van der Waals surface area contributed by atoms with Crippen LogP contribution in [0.3, 0.4) is 0 Å². The smallest absolute Gasteiger partial charge is 0.403 e. The zero-order valence-electron chi connectivity index (χ0n) is 13.3. The Morgan fingerprint density at radius 2 is 2.04 bits per heavy atom. The van der Waals surface area contributed by atoms with Crippen LogP contribution in [-0.4, -0.2) is 35.6 Å².